The highest BCUT2D eigenvalue weighted by molar-refractivity contribution is 6.00. The quantitative estimate of drug-likeness (QED) is 0.461. The van der Waals surface area contributed by atoms with Crippen molar-refractivity contribution in [3.05, 3.63) is 65.9 Å². The van der Waals surface area contributed by atoms with Crippen LogP contribution in [-0.4, -0.2) is 33.5 Å². The fourth-order valence-electron chi connectivity index (χ4n) is 2.49. The molecule has 7 heteroatoms. The number of phenols is 1. The summed E-state index contributed by atoms with van der Waals surface area (Å²) in [6, 6.07) is 15.8. The van der Waals surface area contributed by atoms with E-state index in [9.17, 15) is 9.90 Å². The van der Waals surface area contributed by atoms with Crippen molar-refractivity contribution in [1.29, 1.82) is 0 Å². The standard InChI is InChI=1S/C20H20N4O3/c1-3-27-17-9-5-7-15(11-17)18-12-19(23-22-18)20(26)24-21-13(2)14-6-4-8-16(25)10-14/h4-12,25H,3H2,1-2H3,(H,22,23)(H,24,26)/b21-13+. The van der Waals surface area contributed by atoms with E-state index in [1.54, 1.807) is 37.3 Å². The summed E-state index contributed by atoms with van der Waals surface area (Å²) in [7, 11) is 0. The molecule has 1 amide bonds. The molecule has 0 saturated heterocycles. The minimum absolute atomic E-state index is 0.140. The molecule has 0 atom stereocenters. The van der Waals surface area contributed by atoms with E-state index in [0.717, 1.165) is 11.3 Å². The van der Waals surface area contributed by atoms with Gasteiger partial charge in [-0.3, -0.25) is 9.89 Å². The van der Waals surface area contributed by atoms with Crippen molar-refractivity contribution in [2.45, 2.75) is 13.8 Å². The van der Waals surface area contributed by atoms with Gasteiger partial charge in [-0.2, -0.15) is 10.2 Å². The number of hydrogen-bond acceptors (Lipinski definition) is 5. The fraction of sp³-hybridized carbons (Fsp3) is 0.150. The molecule has 3 N–H and O–H groups in total. The molecule has 0 aliphatic heterocycles. The highest BCUT2D eigenvalue weighted by atomic mass is 16.5. The van der Waals surface area contributed by atoms with Gasteiger partial charge in [0.05, 0.1) is 18.0 Å². The van der Waals surface area contributed by atoms with Crippen LogP contribution in [0.25, 0.3) is 11.3 Å². The maximum atomic E-state index is 12.3. The van der Waals surface area contributed by atoms with Crippen LogP contribution in [0, 0.1) is 0 Å². The molecule has 0 aliphatic rings. The van der Waals surface area contributed by atoms with Crippen LogP contribution in [-0.2, 0) is 0 Å². The highest BCUT2D eigenvalue weighted by Crippen LogP contribution is 2.22. The number of carbonyl (C=O) groups excluding carboxylic acids is 1. The molecule has 0 fully saturated rings. The second kappa shape index (κ2) is 8.18. The first-order valence-corrected chi connectivity index (χ1v) is 8.49. The van der Waals surface area contributed by atoms with Gasteiger partial charge >= 0.3 is 0 Å². The summed E-state index contributed by atoms with van der Waals surface area (Å²) < 4.78 is 5.48. The van der Waals surface area contributed by atoms with E-state index in [-0.39, 0.29) is 5.75 Å². The molecule has 0 unspecified atom stereocenters. The summed E-state index contributed by atoms with van der Waals surface area (Å²) in [6.45, 7) is 4.24. The molecule has 0 saturated carbocycles. The lowest BCUT2D eigenvalue weighted by molar-refractivity contribution is 0.0950. The number of benzene rings is 2. The maximum Gasteiger partial charge on any atom is 0.289 e. The summed E-state index contributed by atoms with van der Waals surface area (Å²) in [5.41, 5.74) is 5.54. The first-order chi connectivity index (χ1) is 13.1. The van der Waals surface area contributed by atoms with Crippen molar-refractivity contribution in [2.24, 2.45) is 5.10 Å². The van der Waals surface area contributed by atoms with Crippen LogP contribution in [0.5, 0.6) is 11.5 Å². The number of phenolic OH excluding ortho intramolecular Hbond substituents is 1. The van der Waals surface area contributed by atoms with Gasteiger partial charge in [-0.1, -0.05) is 24.3 Å². The van der Waals surface area contributed by atoms with Crippen LogP contribution < -0.4 is 10.2 Å². The van der Waals surface area contributed by atoms with E-state index < -0.39 is 5.91 Å². The molecular weight excluding hydrogens is 344 g/mol. The van der Waals surface area contributed by atoms with Crippen molar-refractivity contribution < 1.29 is 14.6 Å². The molecule has 3 rings (SSSR count). The molecule has 3 aromatic rings. The van der Waals surface area contributed by atoms with E-state index in [0.29, 0.717) is 29.3 Å². The first-order valence-electron chi connectivity index (χ1n) is 8.49. The number of amides is 1. The van der Waals surface area contributed by atoms with Gasteiger partial charge in [0.15, 0.2) is 0 Å². The third kappa shape index (κ3) is 4.52. The monoisotopic (exact) mass is 364 g/mol. The van der Waals surface area contributed by atoms with Crippen LogP contribution in [0.3, 0.4) is 0 Å². The molecule has 0 aliphatic carbocycles. The minimum atomic E-state index is -0.408. The Morgan fingerprint density at radius 2 is 2.04 bits per heavy atom. The summed E-state index contributed by atoms with van der Waals surface area (Å²) in [5.74, 6) is 0.477. The number of rotatable bonds is 6. The minimum Gasteiger partial charge on any atom is -0.508 e. The molecule has 2 aromatic carbocycles. The number of hydrogen-bond donors (Lipinski definition) is 3. The van der Waals surface area contributed by atoms with Crippen LogP contribution >= 0.6 is 0 Å². The lowest BCUT2D eigenvalue weighted by atomic mass is 10.1. The third-order valence-corrected chi connectivity index (χ3v) is 3.85. The lowest BCUT2D eigenvalue weighted by Gasteiger charge is -2.03. The fourth-order valence-corrected chi connectivity index (χ4v) is 2.49. The third-order valence-electron chi connectivity index (χ3n) is 3.85. The predicted molar refractivity (Wildman–Crippen MR) is 103 cm³/mol. The highest BCUT2D eigenvalue weighted by Gasteiger charge is 2.11. The average Bonchev–Trinajstić information content (AvgIpc) is 3.17. The molecule has 0 spiro atoms. The average molecular weight is 364 g/mol. The number of aromatic amines is 1. The van der Waals surface area contributed by atoms with Gasteiger partial charge in [0.2, 0.25) is 0 Å². The van der Waals surface area contributed by atoms with Crippen LogP contribution in [0.4, 0.5) is 0 Å². The summed E-state index contributed by atoms with van der Waals surface area (Å²) in [5, 5.41) is 20.5. The Morgan fingerprint density at radius 3 is 2.81 bits per heavy atom. The van der Waals surface area contributed by atoms with Gasteiger partial charge in [0.1, 0.15) is 17.2 Å². The van der Waals surface area contributed by atoms with E-state index in [2.05, 4.69) is 20.7 Å². The number of aromatic hydroxyl groups is 1. The number of aromatic nitrogens is 2. The molecule has 1 heterocycles. The Morgan fingerprint density at radius 1 is 1.22 bits per heavy atom. The van der Waals surface area contributed by atoms with Crippen LogP contribution in [0.2, 0.25) is 0 Å². The molecule has 7 nitrogen and oxygen atoms in total. The smallest absolute Gasteiger partial charge is 0.289 e. The topological polar surface area (TPSA) is 99.6 Å². The molecule has 0 bridgehead atoms. The molecule has 138 valence electrons. The Kier molecular flexibility index (Phi) is 5.51. The van der Waals surface area contributed by atoms with Gasteiger partial charge in [-0.25, -0.2) is 5.43 Å². The van der Waals surface area contributed by atoms with Crippen molar-refractivity contribution in [3.8, 4) is 22.8 Å². The van der Waals surface area contributed by atoms with Gasteiger partial charge in [-0.05, 0) is 44.2 Å². The van der Waals surface area contributed by atoms with E-state index in [1.807, 2.05) is 31.2 Å². The normalized spacial score (nSPS) is 11.3. The Hall–Kier alpha value is -3.61. The van der Waals surface area contributed by atoms with Crippen molar-refractivity contribution in [3.63, 3.8) is 0 Å². The summed E-state index contributed by atoms with van der Waals surface area (Å²) in [4.78, 5) is 12.3. The number of nitrogens with zero attached hydrogens (tertiary/aromatic N) is 2. The number of ether oxygens (including phenoxy) is 1. The Balaban J connectivity index is 1.71. The summed E-state index contributed by atoms with van der Waals surface area (Å²) in [6.07, 6.45) is 0. The zero-order chi connectivity index (χ0) is 19.2. The van der Waals surface area contributed by atoms with Crippen LogP contribution in [0.15, 0.2) is 59.7 Å². The maximum absolute atomic E-state index is 12.3. The molecular formula is C20H20N4O3. The van der Waals surface area contributed by atoms with Gasteiger partial charge in [0, 0.05) is 11.1 Å². The first kappa shape index (κ1) is 18.2. The molecule has 0 radical (unpaired) electrons. The second-order valence-corrected chi connectivity index (χ2v) is 5.82. The largest absolute Gasteiger partial charge is 0.508 e. The van der Waals surface area contributed by atoms with Gasteiger partial charge in [0.25, 0.3) is 5.91 Å². The second-order valence-electron chi connectivity index (χ2n) is 5.82. The van der Waals surface area contributed by atoms with Crippen molar-refractivity contribution >= 4 is 11.6 Å². The number of H-pyrrole nitrogens is 1. The zero-order valence-electron chi connectivity index (χ0n) is 15.1. The SMILES string of the molecule is CCOc1cccc(-c2cc(C(=O)N/N=C(\C)c3cccc(O)c3)[nH]n2)c1. The number of nitrogens with one attached hydrogen (secondary N) is 2. The van der Waals surface area contributed by atoms with E-state index in [1.165, 1.54) is 0 Å². The van der Waals surface area contributed by atoms with Crippen LogP contribution in [0.1, 0.15) is 29.9 Å². The van der Waals surface area contributed by atoms with Gasteiger partial charge < -0.3 is 9.84 Å². The lowest BCUT2D eigenvalue weighted by Crippen LogP contribution is -2.19. The number of carbonyl (C=O) groups is 1. The Bertz CT molecular complexity index is 979. The van der Waals surface area contributed by atoms with Gasteiger partial charge in [-0.15, -0.1) is 0 Å². The Labute approximate surface area is 156 Å². The van der Waals surface area contributed by atoms with E-state index >= 15 is 0 Å². The van der Waals surface area contributed by atoms with Crippen molar-refractivity contribution in [1.82, 2.24) is 15.6 Å². The summed E-state index contributed by atoms with van der Waals surface area (Å²) >= 11 is 0. The molecule has 1 aromatic heterocycles. The van der Waals surface area contributed by atoms with Crippen molar-refractivity contribution in [2.75, 3.05) is 6.61 Å². The zero-order valence-corrected chi connectivity index (χ0v) is 15.1. The molecule has 27 heavy (non-hydrogen) atoms. The van der Waals surface area contributed by atoms with E-state index in [4.69, 9.17) is 4.74 Å². The predicted octanol–water partition coefficient (Wildman–Crippen LogP) is 3.34. The number of hydrazone groups is 1.